The Balaban J connectivity index is 2.33. The Labute approximate surface area is 116 Å². The van der Waals surface area contributed by atoms with Crippen molar-refractivity contribution in [2.45, 2.75) is 26.3 Å². The summed E-state index contributed by atoms with van der Waals surface area (Å²) < 4.78 is 6.38. The molecule has 1 aromatic rings. The van der Waals surface area contributed by atoms with E-state index in [4.69, 9.17) is 4.74 Å². The van der Waals surface area contributed by atoms with E-state index in [0.29, 0.717) is 19.8 Å². The van der Waals surface area contributed by atoms with E-state index in [9.17, 15) is 4.79 Å². The van der Waals surface area contributed by atoms with Crippen LogP contribution >= 0.6 is 15.9 Å². The molecule has 98 valence electrons. The van der Waals surface area contributed by atoms with Gasteiger partial charge < -0.3 is 9.64 Å². The molecule has 1 saturated heterocycles. The molecule has 0 unspecified atom stereocenters. The Kier molecular flexibility index (Phi) is 3.78. The number of hydrogen-bond acceptors (Lipinski definition) is 2. The molecule has 0 aromatic heterocycles. The fourth-order valence-electron chi connectivity index (χ4n) is 2.20. The average Bonchev–Trinajstić information content (AvgIpc) is 2.31. The molecule has 0 saturated carbocycles. The van der Waals surface area contributed by atoms with Crippen LogP contribution in [-0.2, 0) is 4.74 Å². The van der Waals surface area contributed by atoms with Crippen LogP contribution in [0.3, 0.4) is 0 Å². The Morgan fingerprint density at radius 1 is 1.44 bits per heavy atom. The highest BCUT2D eigenvalue weighted by atomic mass is 79.9. The molecule has 1 fully saturated rings. The molecule has 0 spiro atoms. The minimum atomic E-state index is -0.246. The zero-order valence-electron chi connectivity index (χ0n) is 11.0. The summed E-state index contributed by atoms with van der Waals surface area (Å²) in [6.07, 6.45) is 0. The minimum absolute atomic E-state index is 0.0853. The molecule has 0 N–H and O–H groups in total. The van der Waals surface area contributed by atoms with Gasteiger partial charge in [0.1, 0.15) is 0 Å². The van der Waals surface area contributed by atoms with Gasteiger partial charge in [0.15, 0.2) is 0 Å². The van der Waals surface area contributed by atoms with E-state index in [1.165, 1.54) is 0 Å². The van der Waals surface area contributed by atoms with Crippen LogP contribution in [0.1, 0.15) is 29.8 Å². The number of rotatable bonds is 1. The molecule has 1 aliphatic rings. The van der Waals surface area contributed by atoms with Crippen molar-refractivity contribution in [3.8, 4) is 0 Å². The second-order valence-electron chi connectivity index (χ2n) is 5.28. The van der Waals surface area contributed by atoms with Gasteiger partial charge in [0.25, 0.3) is 5.91 Å². The molecule has 1 amide bonds. The Morgan fingerprint density at radius 2 is 2.17 bits per heavy atom. The third kappa shape index (κ3) is 2.59. The molecule has 2 rings (SSSR count). The lowest BCUT2D eigenvalue weighted by atomic mass is 9.99. The van der Waals surface area contributed by atoms with Crippen molar-refractivity contribution in [1.29, 1.82) is 0 Å². The number of aryl methyl sites for hydroxylation is 1. The zero-order valence-corrected chi connectivity index (χ0v) is 12.6. The van der Waals surface area contributed by atoms with E-state index in [1.54, 1.807) is 0 Å². The Hall–Kier alpha value is -0.870. The average molecular weight is 312 g/mol. The van der Waals surface area contributed by atoms with Gasteiger partial charge in [-0.3, -0.25) is 4.79 Å². The summed E-state index contributed by atoms with van der Waals surface area (Å²) in [4.78, 5) is 14.5. The van der Waals surface area contributed by atoms with Gasteiger partial charge in [-0.1, -0.05) is 22.0 Å². The molecule has 0 bridgehead atoms. The molecular weight excluding hydrogens is 294 g/mol. The van der Waals surface area contributed by atoms with Gasteiger partial charge >= 0.3 is 0 Å². The molecule has 0 atom stereocenters. The van der Waals surface area contributed by atoms with Gasteiger partial charge in [-0.25, -0.2) is 0 Å². The van der Waals surface area contributed by atoms with Crippen LogP contribution in [0.5, 0.6) is 0 Å². The van der Waals surface area contributed by atoms with Gasteiger partial charge in [-0.05, 0) is 38.5 Å². The summed E-state index contributed by atoms with van der Waals surface area (Å²) in [5, 5.41) is 0. The first kappa shape index (κ1) is 13.6. The van der Waals surface area contributed by atoms with Crippen LogP contribution in [0.15, 0.2) is 22.7 Å². The number of carbonyl (C=O) groups excluding carboxylic acids is 1. The molecule has 1 aromatic carbocycles. The number of hydrogen-bond donors (Lipinski definition) is 0. The SMILES string of the molecule is Cc1ccc(Br)cc1C(=O)N1CCOCC1(C)C. The molecule has 3 nitrogen and oxygen atoms in total. The number of halogens is 1. The number of benzene rings is 1. The third-order valence-corrected chi connectivity index (χ3v) is 3.81. The molecule has 1 aliphatic heterocycles. The van der Waals surface area contributed by atoms with Crippen molar-refractivity contribution in [3.63, 3.8) is 0 Å². The highest BCUT2D eigenvalue weighted by Gasteiger charge is 2.34. The molecule has 0 radical (unpaired) electrons. The third-order valence-electron chi connectivity index (χ3n) is 3.32. The van der Waals surface area contributed by atoms with Crippen LogP contribution in [0, 0.1) is 6.92 Å². The molecule has 4 heteroatoms. The van der Waals surface area contributed by atoms with E-state index >= 15 is 0 Å². The molecule has 18 heavy (non-hydrogen) atoms. The molecule has 0 aliphatic carbocycles. The lowest BCUT2D eigenvalue weighted by molar-refractivity contribution is -0.0371. The summed E-state index contributed by atoms with van der Waals surface area (Å²) in [6.45, 7) is 7.90. The fourth-order valence-corrected chi connectivity index (χ4v) is 2.57. The van der Waals surface area contributed by atoms with Crippen molar-refractivity contribution in [2.24, 2.45) is 0 Å². The highest BCUT2D eigenvalue weighted by Crippen LogP contribution is 2.24. The zero-order chi connectivity index (χ0) is 13.3. The number of amides is 1. The smallest absolute Gasteiger partial charge is 0.254 e. The maximum atomic E-state index is 12.6. The van der Waals surface area contributed by atoms with E-state index < -0.39 is 0 Å². The standard InChI is InChI=1S/C14H18BrNO2/c1-10-4-5-11(15)8-12(10)13(17)16-6-7-18-9-14(16,2)3/h4-5,8H,6-7,9H2,1-3H3. The Morgan fingerprint density at radius 3 is 2.83 bits per heavy atom. The predicted molar refractivity (Wildman–Crippen MR) is 74.8 cm³/mol. The normalized spacial score (nSPS) is 18.8. The highest BCUT2D eigenvalue weighted by molar-refractivity contribution is 9.10. The topological polar surface area (TPSA) is 29.5 Å². The number of ether oxygens (including phenoxy) is 1. The number of carbonyl (C=O) groups is 1. The monoisotopic (exact) mass is 311 g/mol. The van der Waals surface area contributed by atoms with Crippen LogP contribution < -0.4 is 0 Å². The van der Waals surface area contributed by atoms with Gasteiger partial charge in [0.2, 0.25) is 0 Å². The first-order chi connectivity index (χ1) is 8.42. The van der Waals surface area contributed by atoms with Crippen molar-refractivity contribution >= 4 is 21.8 Å². The molecular formula is C14H18BrNO2. The number of morpholine rings is 1. The summed E-state index contributed by atoms with van der Waals surface area (Å²) >= 11 is 3.42. The van der Waals surface area contributed by atoms with E-state index in [0.717, 1.165) is 15.6 Å². The van der Waals surface area contributed by atoms with Crippen molar-refractivity contribution in [2.75, 3.05) is 19.8 Å². The minimum Gasteiger partial charge on any atom is -0.377 e. The van der Waals surface area contributed by atoms with Gasteiger partial charge in [0, 0.05) is 16.6 Å². The summed E-state index contributed by atoms with van der Waals surface area (Å²) in [6, 6.07) is 5.81. The quantitative estimate of drug-likeness (QED) is 0.798. The second-order valence-corrected chi connectivity index (χ2v) is 6.20. The Bertz CT molecular complexity index is 471. The van der Waals surface area contributed by atoms with Crippen molar-refractivity contribution in [3.05, 3.63) is 33.8 Å². The maximum Gasteiger partial charge on any atom is 0.254 e. The lowest BCUT2D eigenvalue weighted by Crippen LogP contribution is -2.55. The first-order valence-electron chi connectivity index (χ1n) is 6.08. The van der Waals surface area contributed by atoms with Crippen LogP contribution in [0.4, 0.5) is 0 Å². The van der Waals surface area contributed by atoms with Crippen molar-refractivity contribution in [1.82, 2.24) is 4.90 Å². The van der Waals surface area contributed by atoms with Gasteiger partial charge in [-0.2, -0.15) is 0 Å². The van der Waals surface area contributed by atoms with Crippen molar-refractivity contribution < 1.29 is 9.53 Å². The van der Waals surface area contributed by atoms with Gasteiger partial charge in [-0.15, -0.1) is 0 Å². The van der Waals surface area contributed by atoms with Gasteiger partial charge in [0.05, 0.1) is 18.8 Å². The van der Waals surface area contributed by atoms with E-state index in [1.807, 2.05) is 43.9 Å². The van der Waals surface area contributed by atoms with Crippen LogP contribution in [0.2, 0.25) is 0 Å². The second kappa shape index (κ2) is 5.02. The lowest BCUT2D eigenvalue weighted by Gasteiger charge is -2.42. The van der Waals surface area contributed by atoms with E-state index in [2.05, 4.69) is 15.9 Å². The summed E-state index contributed by atoms with van der Waals surface area (Å²) in [5.41, 5.74) is 1.52. The van der Waals surface area contributed by atoms with E-state index in [-0.39, 0.29) is 11.4 Å². The number of nitrogens with zero attached hydrogens (tertiary/aromatic N) is 1. The molecule has 1 heterocycles. The summed E-state index contributed by atoms with van der Waals surface area (Å²) in [7, 11) is 0. The largest absolute Gasteiger partial charge is 0.377 e. The predicted octanol–water partition coefficient (Wildman–Crippen LogP) is 3.01. The summed E-state index contributed by atoms with van der Waals surface area (Å²) in [5.74, 6) is 0.0853. The fraction of sp³-hybridized carbons (Fsp3) is 0.500. The maximum absolute atomic E-state index is 12.6. The van der Waals surface area contributed by atoms with Crippen LogP contribution in [0.25, 0.3) is 0 Å². The van der Waals surface area contributed by atoms with Crippen LogP contribution in [-0.4, -0.2) is 36.1 Å². The first-order valence-corrected chi connectivity index (χ1v) is 6.87.